The van der Waals surface area contributed by atoms with Crippen LogP contribution in [-0.2, 0) is 10.2 Å². The molecular formula is C22H23N3O3. The molecule has 1 atom stereocenters. The molecule has 4 rings (SSSR count). The van der Waals surface area contributed by atoms with E-state index < -0.39 is 6.03 Å². The van der Waals surface area contributed by atoms with Crippen molar-refractivity contribution in [3.8, 4) is 0 Å². The van der Waals surface area contributed by atoms with E-state index in [1.165, 1.54) is 10.5 Å². The summed E-state index contributed by atoms with van der Waals surface area (Å²) in [7, 11) is 0. The van der Waals surface area contributed by atoms with E-state index in [2.05, 4.69) is 24.4 Å². The number of likely N-dealkylation sites (tertiary alicyclic amines) is 1. The fourth-order valence-corrected chi connectivity index (χ4v) is 4.11. The van der Waals surface area contributed by atoms with Crippen LogP contribution in [0.25, 0.3) is 0 Å². The summed E-state index contributed by atoms with van der Waals surface area (Å²) >= 11 is 0. The molecule has 0 saturated carbocycles. The van der Waals surface area contributed by atoms with E-state index in [4.69, 9.17) is 0 Å². The third-order valence-corrected chi connectivity index (χ3v) is 5.67. The molecule has 2 aliphatic heterocycles. The highest BCUT2D eigenvalue weighted by atomic mass is 16.2. The van der Waals surface area contributed by atoms with E-state index >= 15 is 0 Å². The SMILES string of the molecule is C[C@@]1(c2ccccc2)CCCN(C(=O)c2ccc(N3CC(=O)NC3=O)cc2)C1. The minimum Gasteiger partial charge on any atom is -0.338 e. The van der Waals surface area contributed by atoms with Gasteiger partial charge in [0.1, 0.15) is 6.54 Å². The van der Waals surface area contributed by atoms with Gasteiger partial charge in [0, 0.05) is 29.8 Å². The topological polar surface area (TPSA) is 69.7 Å². The lowest BCUT2D eigenvalue weighted by Gasteiger charge is -2.41. The quantitative estimate of drug-likeness (QED) is 0.836. The van der Waals surface area contributed by atoms with Gasteiger partial charge in [0.25, 0.3) is 5.91 Å². The molecule has 2 aromatic carbocycles. The number of piperidine rings is 1. The molecule has 28 heavy (non-hydrogen) atoms. The Labute approximate surface area is 164 Å². The Balaban J connectivity index is 1.50. The zero-order chi connectivity index (χ0) is 19.7. The first-order valence-corrected chi connectivity index (χ1v) is 9.52. The summed E-state index contributed by atoms with van der Waals surface area (Å²) in [5.74, 6) is -0.325. The van der Waals surface area contributed by atoms with Crippen LogP contribution in [0.2, 0.25) is 0 Å². The number of rotatable bonds is 3. The van der Waals surface area contributed by atoms with Gasteiger partial charge >= 0.3 is 6.03 Å². The number of carbonyl (C=O) groups excluding carboxylic acids is 3. The number of urea groups is 1. The van der Waals surface area contributed by atoms with Gasteiger partial charge in [-0.1, -0.05) is 37.3 Å². The van der Waals surface area contributed by atoms with Crippen molar-refractivity contribution < 1.29 is 14.4 Å². The molecule has 6 heteroatoms. The Morgan fingerprint density at radius 3 is 2.39 bits per heavy atom. The summed E-state index contributed by atoms with van der Waals surface area (Å²) in [4.78, 5) is 39.5. The molecule has 0 spiro atoms. The molecule has 0 aliphatic carbocycles. The first-order chi connectivity index (χ1) is 13.5. The zero-order valence-electron chi connectivity index (χ0n) is 15.9. The van der Waals surface area contributed by atoms with Gasteiger partial charge in [-0.05, 0) is 42.7 Å². The molecule has 2 fully saturated rings. The fourth-order valence-electron chi connectivity index (χ4n) is 4.11. The van der Waals surface area contributed by atoms with Crippen molar-refractivity contribution in [2.45, 2.75) is 25.2 Å². The van der Waals surface area contributed by atoms with E-state index in [-0.39, 0.29) is 23.8 Å². The highest BCUT2D eigenvalue weighted by molar-refractivity contribution is 6.12. The van der Waals surface area contributed by atoms with Crippen LogP contribution in [0, 0.1) is 0 Å². The van der Waals surface area contributed by atoms with E-state index in [9.17, 15) is 14.4 Å². The van der Waals surface area contributed by atoms with Crippen LogP contribution >= 0.6 is 0 Å². The number of benzene rings is 2. The number of hydrogen-bond acceptors (Lipinski definition) is 3. The van der Waals surface area contributed by atoms with Gasteiger partial charge in [-0.15, -0.1) is 0 Å². The molecule has 6 nitrogen and oxygen atoms in total. The van der Waals surface area contributed by atoms with Crippen LogP contribution in [-0.4, -0.2) is 42.4 Å². The largest absolute Gasteiger partial charge is 0.338 e. The van der Waals surface area contributed by atoms with Crippen molar-refractivity contribution in [1.82, 2.24) is 10.2 Å². The van der Waals surface area contributed by atoms with E-state index in [1.54, 1.807) is 24.3 Å². The van der Waals surface area contributed by atoms with Crippen LogP contribution in [0.4, 0.5) is 10.5 Å². The lowest BCUT2D eigenvalue weighted by molar-refractivity contribution is -0.117. The summed E-state index contributed by atoms with van der Waals surface area (Å²) in [5, 5.41) is 2.25. The van der Waals surface area contributed by atoms with Crippen molar-refractivity contribution in [2.24, 2.45) is 0 Å². The van der Waals surface area contributed by atoms with Crippen LogP contribution in [0.5, 0.6) is 0 Å². The average Bonchev–Trinajstić information content (AvgIpc) is 3.06. The number of carbonyl (C=O) groups is 3. The molecule has 2 aliphatic rings. The van der Waals surface area contributed by atoms with Gasteiger partial charge < -0.3 is 4.90 Å². The molecular weight excluding hydrogens is 354 g/mol. The van der Waals surface area contributed by atoms with Crippen molar-refractivity contribution >= 4 is 23.5 Å². The van der Waals surface area contributed by atoms with Crippen LogP contribution in [0.1, 0.15) is 35.7 Å². The molecule has 2 saturated heterocycles. The van der Waals surface area contributed by atoms with E-state index in [1.807, 2.05) is 23.1 Å². The number of anilines is 1. The van der Waals surface area contributed by atoms with Crippen LogP contribution in [0.3, 0.4) is 0 Å². The number of imide groups is 1. The lowest BCUT2D eigenvalue weighted by atomic mass is 9.76. The normalized spacial score (nSPS) is 22.3. The molecule has 0 unspecified atom stereocenters. The van der Waals surface area contributed by atoms with Crippen molar-refractivity contribution in [2.75, 3.05) is 24.5 Å². The summed E-state index contributed by atoms with van der Waals surface area (Å²) in [6.07, 6.45) is 2.02. The Bertz CT molecular complexity index is 910. The van der Waals surface area contributed by atoms with Crippen molar-refractivity contribution in [3.05, 3.63) is 65.7 Å². The fraction of sp³-hybridized carbons (Fsp3) is 0.318. The Hall–Kier alpha value is -3.15. The Morgan fingerprint density at radius 1 is 1.04 bits per heavy atom. The molecule has 0 radical (unpaired) electrons. The molecule has 144 valence electrons. The zero-order valence-corrected chi connectivity index (χ0v) is 15.9. The second kappa shape index (κ2) is 7.11. The van der Waals surface area contributed by atoms with Gasteiger partial charge in [0.15, 0.2) is 0 Å². The number of hydrogen-bond donors (Lipinski definition) is 1. The maximum Gasteiger partial charge on any atom is 0.329 e. The molecule has 2 aromatic rings. The number of nitrogens with zero attached hydrogens (tertiary/aromatic N) is 2. The minimum absolute atomic E-state index is 0.00430. The lowest BCUT2D eigenvalue weighted by Crippen LogP contribution is -2.47. The van der Waals surface area contributed by atoms with Gasteiger partial charge in [-0.25, -0.2) is 4.79 Å². The second-order valence-electron chi connectivity index (χ2n) is 7.74. The molecule has 0 bridgehead atoms. The average molecular weight is 377 g/mol. The summed E-state index contributed by atoms with van der Waals surface area (Å²) in [6, 6.07) is 16.8. The van der Waals surface area contributed by atoms with Crippen molar-refractivity contribution in [3.63, 3.8) is 0 Å². The van der Waals surface area contributed by atoms with Crippen LogP contribution < -0.4 is 10.2 Å². The summed E-state index contributed by atoms with van der Waals surface area (Å²) in [5.41, 5.74) is 2.40. The van der Waals surface area contributed by atoms with Gasteiger partial charge in [0.2, 0.25) is 5.91 Å². The molecule has 0 aromatic heterocycles. The Morgan fingerprint density at radius 2 is 1.75 bits per heavy atom. The molecule has 4 amide bonds. The van der Waals surface area contributed by atoms with Gasteiger partial charge in [0.05, 0.1) is 0 Å². The highest BCUT2D eigenvalue weighted by Gasteiger charge is 2.35. The Kier molecular flexibility index (Phi) is 4.63. The van der Waals surface area contributed by atoms with Gasteiger partial charge in [-0.2, -0.15) is 0 Å². The minimum atomic E-state index is -0.432. The standard InChI is InChI=1S/C22H23N3O3/c1-22(17-6-3-2-4-7-17)12-5-13-24(15-22)20(27)16-8-10-18(11-9-16)25-14-19(26)23-21(25)28/h2-4,6-11H,5,12-15H2,1H3,(H,23,26,28)/t22-/m1/s1. The summed E-state index contributed by atoms with van der Waals surface area (Å²) < 4.78 is 0. The maximum atomic E-state index is 13.0. The highest BCUT2D eigenvalue weighted by Crippen LogP contribution is 2.34. The van der Waals surface area contributed by atoms with Gasteiger partial charge in [-0.3, -0.25) is 19.8 Å². The molecule has 2 heterocycles. The second-order valence-corrected chi connectivity index (χ2v) is 7.74. The molecule has 1 N–H and O–H groups in total. The first kappa shape index (κ1) is 18.2. The number of amides is 4. The predicted molar refractivity (Wildman–Crippen MR) is 106 cm³/mol. The monoisotopic (exact) mass is 377 g/mol. The maximum absolute atomic E-state index is 13.0. The van der Waals surface area contributed by atoms with Crippen LogP contribution in [0.15, 0.2) is 54.6 Å². The smallest absolute Gasteiger partial charge is 0.329 e. The third kappa shape index (κ3) is 3.38. The van der Waals surface area contributed by atoms with E-state index in [0.717, 1.165) is 19.4 Å². The summed E-state index contributed by atoms with van der Waals surface area (Å²) in [6.45, 7) is 3.65. The van der Waals surface area contributed by atoms with Crippen molar-refractivity contribution in [1.29, 1.82) is 0 Å². The third-order valence-electron chi connectivity index (χ3n) is 5.67. The number of nitrogens with one attached hydrogen (secondary N) is 1. The first-order valence-electron chi connectivity index (χ1n) is 9.52. The van der Waals surface area contributed by atoms with E-state index in [0.29, 0.717) is 17.8 Å². The predicted octanol–water partition coefficient (Wildman–Crippen LogP) is 2.94.